The van der Waals surface area contributed by atoms with Gasteiger partial charge in [-0.2, -0.15) is 5.10 Å². The molecule has 26 heavy (non-hydrogen) atoms. The number of nitrogens with zero attached hydrogens (tertiary/aromatic N) is 4. The van der Waals surface area contributed by atoms with Crippen LogP contribution in [0.1, 0.15) is 29.2 Å². The number of morpholine rings is 1. The standard InChI is InChI=1S/C20H30N4O2/c1-4-24-18(3)19(14-21-24)15-23(16-20-7-6-17(2)26-20)9-5-8-22-10-12-25-13-11-22/h4,6-7,14H,1,5,8-13,15-16H2,2-3H3. The lowest BCUT2D eigenvalue weighted by Gasteiger charge is -2.28. The third kappa shape index (κ3) is 5.06. The number of rotatable bonds is 9. The van der Waals surface area contributed by atoms with Crippen molar-refractivity contribution in [3.05, 3.63) is 47.7 Å². The highest BCUT2D eigenvalue weighted by atomic mass is 16.5. The molecule has 0 aromatic carbocycles. The maximum Gasteiger partial charge on any atom is 0.118 e. The monoisotopic (exact) mass is 358 g/mol. The Morgan fingerprint density at radius 2 is 2.04 bits per heavy atom. The van der Waals surface area contributed by atoms with Crippen molar-refractivity contribution in [1.82, 2.24) is 19.6 Å². The summed E-state index contributed by atoms with van der Waals surface area (Å²) in [5.74, 6) is 1.98. The second kappa shape index (κ2) is 9.16. The van der Waals surface area contributed by atoms with Crippen molar-refractivity contribution in [2.75, 3.05) is 39.4 Å². The molecule has 0 atom stereocenters. The van der Waals surface area contributed by atoms with Crippen molar-refractivity contribution >= 4 is 6.20 Å². The molecule has 0 spiro atoms. The summed E-state index contributed by atoms with van der Waals surface area (Å²) in [6.45, 7) is 15.5. The number of ether oxygens (including phenoxy) is 1. The molecule has 0 bridgehead atoms. The third-order valence-electron chi connectivity index (χ3n) is 4.94. The Morgan fingerprint density at radius 1 is 1.23 bits per heavy atom. The number of hydrogen-bond donors (Lipinski definition) is 0. The Kier molecular flexibility index (Phi) is 6.66. The van der Waals surface area contributed by atoms with Crippen LogP contribution < -0.4 is 0 Å². The van der Waals surface area contributed by atoms with Crippen LogP contribution in [0, 0.1) is 13.8 Å². The first-order valence-corrected chi connectivity index (χ1v) is 9.39. The minimum Gasteiger partial charge on any atom is -0.465 e. The molecule has 0 unspecified atom stereocenters. The molecule has 0 aliphatic carbocycles. The van der Waals surface area contributed by atoms with Gasteiger partial charge in [0.05, 0.1) is 26.0 Å². The highest BCUT2D eigenvalue weighted by Crippen LogP contribution is 2.16. The minimum absolute atomic E-state index is 0.815. The number of hydrogen-bond acceptors (Lipinski definition) is 5. The molecule has 6 heteroatoms. The average Bonchev–Trinajstić information content (AvgIpc) is 3.21. The molecule has 2 aromatic rings. The molecule has 2 aromatic heterocycles. The molecule has 3 rings (SSSR count). The summed E-state index contributed by atoms with van der Waals surface area (Å²) in [7, 11) is 0. The van der Waals surface area contributed by atoms with Crippen LogP contribution >= 0.6 is 0 Å². The van der Waals surface area contributed by atoms with Crippen molar-refractivity contribution in [3.63, 3.8) is 0 Å². The van der Waals surface area contributed by atoms with E-state index in [2.05, 4.69) is 34.5 Å². The largest absolute Gasteiger partial charge is 0.465 e. The smallest absolute Gasteiger partial charge is 0.118 e. The van der Waals surface area contributed by atoms with Gasteiger partial charge in [0.15, 0.2) is 0 Å². The first-order chi connectivity index (χ1) is 12.7. The van der Waals surface area contributed by atoms with Crippen LogP contribution in [0.3, 0.4) is 0 Å². The average molecular weight is 358 g/mol. The van der Waals surface area contributed by atoms with Crippen LogP contribution in [-0.2, 0) is 17.8 Å². The van der Waals surface area contributed by atoms with Gasteiger partial charge in [0.1, 0.15) is 11.5 Å². The second-order valence-electron chi connectivity index (χ2n) is 6.91. The van der Waals surface area contributed by atoms with E-state index in [1.54, 1.807) is 6.20 Å². The first kappa shape index (κ1) is 18.9. The lowest BCUT2D eigenvalue weighted by Crippen LogP contribution is -2.38. The zero-order valence-electron chi connectivity index (χ0n) is 16.0. The van der Waals surface area contributed by atoms with E-state index in [1.165, 1.54) is 5.56 Å². The molecule has 0 radical (unpaired) electrons. The summed E-state index contributed by atoms with van der Waals surface area (Å²) in [5.41, 5.74) is 2.38. The fourth-order valence-corrected chi connectivity index (χ4v) is 3.39. The summed E-state index contributed by atoms with van der Waals surface area (Å²) in [4.78, 5) is 4.93. The van der Waals surface area contributed by atoms with Gasteiger partial charge in [0.2, 0.25) is 0 Å². The highest BCUT2D eigenvalue weighted by Gasteiger charge is 2.15. The zero-order chi connectivity index (χ0) is 18.4. The van der Waals surface area contributed by atoms with Crippen LogP contribution in [-0.4, -0.2) is 59.0 Å². The number of aromatic nitrogens is 2. The maximum atomic E-state index is 5.80. The van der Waals surface area contributed by atoms with Gasteiger partial charge in [-0.3, -0.25) is 9.80 Å². The molecule has 1 aliphatic rings. The highest BCUT2D eigenvalue weighted by molar-refractivity contribution is 5.26. The van der Waals surface area contributed by atoms with E-state index >= 15 is 0 Å². The van der Waals surface area contributed by atoms with Gasteiger partial charge in [-0.05, 0) is 38.9 Å². The van der Waals surface area contributed by atoms with Crippen molar-refractivity contribution in [3.8, 4) is 0 Å². The van der Waals surface area contributed by atoms with Crippen molar-refractivity contribution in [1.29, 1.82) is 0 Å². The Hall–Kier alpha value is -1.89. The van der Waals surface area contributed by atoms with Crippen molar-refractivity contribution in [2.24, 2.45) is 0 Å². The molecule has 142 valence electrons. The number of aryl methyl sites for hydroxylation is 1. The summed E-state index contributed by atoms with van der Waals surface area (Å²) >= 11 is 0. The fraction of sp³-hybridized carbons (Fsp3) is 0.550. The van der Waals surface area contributed by atoms with Gasteiger partial charge in [-0.1, -0.05) is 6.58 Å². The Morgan fingerprint density at radius 3 is 2.69 bits per heavy atom. The molecule has 1 aliphatic heterocycles. The molecular weight excluding hydrogens is 328 g/mol. The van der Waals surface area contributed by atoms with E-state index < -0.39 is 0 Å². The van der Waals surface area contributed by atoms with Crippen LogP contribution in [0.15, 0.2) is 29.3 Å². The molecule has 3 heterocycles. The van der Waals surface area contributed by atoms with Gasteiger partial charge in [-0.25, -0.2) is 4.68 Å². The van der Waals surface area contributed by atoms with Crippen LogP contribution in [0.25, 0.3) is 6.20 Å². The van der Waals surface area contributed by atoms with E-state index in [0.29, 0.717) is 0 Å². The summed E-state index contributed by atoms with van der Waals surface area (Å²) in [6, 6.07) is 4.10. The van der Waals surface area contributed by atoms with E-state index in [1.807, 2.05) is 23.9 Å². The number of furan rings is 1. The molecule has 1 saturated heterocycles. The summed E-state index contributed by atoms with van der Waals surface area (Å²) in [6.07, 6.45) is 4.82. The molecular formula is C20H30N4O2. The molecule has 0 N–H and O–H groups in total. The molecule has 6 nitrogen and oxygen atoms in total. The van der Waals surface area contributed by atoms with Gasteiger partial charge in [0, 0.05) is 43.6 Å². The third-order valence-corrected chi connectivity index (χ3v) is 4.94. The predicted molar refractivity (Wildman–Crippen MR) is 103 cm³/mol. The fourth-order valence-electron chi connectivity index (χ4n) is 3.39. The van der Waals surface area contributed by atoms with Gasteiger partial charge in [0.25, 0.3) is 0 Å². The normalized spacial score (nSPS) is 15.7. The molecule has 0 amide bonds. The van der Waals surface area contributed by atoms with Gasteiger partial charge in [-0.15, -0.1) is 0 Å². The van der Waals surface area contributed by atoms with E-state index in [-0.39, 0.29) is 0 Å². The van der Waals surface area contributed by atoms with E-state index in [4.69, 9.17) is 9.15 Å². The lowest BCUT2D eigenvalue weighted by molar-refractivity contribution is 0.0358. The quantitative estimate of drug-likeness (QED) is 0.690. The zero-order valence-corrected chi connectivity index (χ0v) is 16.0. The lowest BCUT2D eigenvalue weighted by atomic mass is 10.2. The van der Waals surface area contributed by atoms with Crippen LogP contribution in [0.2, 0.25) is 0 Å². The summed E-state index contributed by atoms with van der Waals surface area (Å²) in [5, 5.41) is 4.38. The SMILES string of the molecule is C=Cn1ncc(CN(CCCN2CCOCC2)Cc2ccc(C)o2)c1C. The van der Waals surface area contributed by atoms with Crippen LogP contribution in [0.4, 0.5) is 0 Å². The van der Waals surface area contributed by atoms with Crippen LogP contribution in [0.5, 0.6) is 0 Å². The Balaban J connectivity index is 1.60. The van der Waals surface area contributed by atoms with Crippen molar-refractivity contribution in [2.45, 2.75) is 33.4 Å². The van der Waals surface area contributed by atoms with Gasteiger partial charge >= 0.3 is 0 Å². The second-order valence-corrected chi connectivity index (χ2v) is 6.91. The molecule has 0 saturated carbocycles. The topological polar surface area (TPSA) is 46.7 Å². The Bertz CT molecular complexity index is 700. The van der Waals surface area contributed by atoms with E-state index in [9.17, 15) is 0 Å². The first-order valence-electron chi connectivity index (χ1n) is 9.39. The molecule has 1 fully saturated rings. The minimum atomic E-state index is 0.815. The predicted octanol–water partition coefficient (Wildman–Crippen LogP) is 2.92. The van der Waals surface area contributed by atoms with Gasteiger partial charge < -0.3 is 9.15 Å². The Labute approximate surface area is 156 Å². The van der Waals surface area contributed by atoms with E-state index in [0.717, 1.165) is 76.1 Å². The van der Waals surface area contributed by atoms with Crippen molar-refractivity contribution < 1.29 is 9.15 Å². The maximum absolute atomic E-state index is 5.80. The summed E-state index contributed by atoms with van der Waals surface area (Å²) < 4.78 is 13.1.